The Balaban J connectivity index is 1.01. The van der Waals surface area contributed by atoms with Gasteiger partial charge in [-0.05, 0) is 82.9 Å². The van der Waals surface area contributed by atoms with Crippen molar-refractivity contribution in [2.45, 2.75) is 0 Å². The van der Waals surface area contributed by atoms with E-state index >= 15 is 0 Å². The van der Waals surface area contributed by atoms with Crippen LogP contribution in [0.15, 0.2) is 176 Å². The maximum Gasteiger partial charge on any atom is 0.0640 e. The van der Waals surface area contributed by atoms with E-state index in [1.807, 2.05) is 34.0 Å². The van der Waals surface area contributed by atoms with Gasteiger partial charge in [0, 0.05) is 67.2 Å². The summed E-state index contributed by atoms with van der Waals surface area (Å²) < 4.78 is 7.93. The van der Waals surface area contributed by atoms with Gasteiger partial charge in [0.1, 0.15) is 0 Å². The third-order valence-corrected chi connectivity index (χ3v) is 13.8. The number of thiophene rings is 3. The Morgan fingerprint density at radius 3 is 1.21 bits per heavy atom. The van der Waals surface area contributed by atoms with Crippen LogP contribution in [0.25, 0.3) is 82.8 Å². The van der Waals surface area contributed by atoms with E-state index in [0.29, 0.717) is 0 Å². The smallest absolute Gasteiger partial charge is 0.0640 e. The molecule has 3 aromatic heterocycles. The van der Waals surface area contributed by atoms with Gasteiger partial charge in [0.25, 0.3) is 0 Å². The number of benzene rings is 8. The first-order valence-corrected chi connectivity index (χ1v) is 19.9. The minimum absolute atomic E-state index is 1.14. The van der Waals surface area contributed by atoms with Crippen molar-refractivity contribution >= 4 is 112 Å². The number of nitrogens with zero attached hydrogens (tertiary/aromatic N) is 1. The molecule has 0 radical (unpaired) electrons. The van der Waals surface area contributed by atoms with E-state index < -0.39 is 0 Å². The van der Waals surface area contributed by atoms with Crippen LogP contribution in [-0.2, 0) is 0 Å². The van der Waals surface area contributed by atoms with Gasteiger partial charge < -0.3 is 4.90 Å². The van der Waals surface area contributed by atoms with Crippen molar-refractivity contribution in [1.29, 1.82) is 0 Å². The lowest BCUT2D eigenvalue weighted by Gasteiger charge is -2.26. The average Bonchev–Trinajstić information content (AvgIpc) is 3.89. The molecule has 0 aliphatic rings. The van der Waals surface area contributed by atoms with Gasteiger partial charge >= 0.3 is 0 Å². The van der Waals surface area contributed by atoms with Gasteiger partial charge in [-0.1, -0.05) is 115 Å². The molecule has 52 heavy (non-hydrogen) atoms. The Kier molecular flexibility index (Phi) is 6.84. The van der Waals surface area contributed by atoms with Crippen LogP contribution in [0, 0.1) is 0 Å². The zero-order valence-corrected chi connectivity index (χ0v) is 30.4. The third-order valence-electron chi connectivity index (χ3n) is 10.3. The molecule has 0 amide bonds. The molecule has 1 nitrogen and oxygen atoms in total. The molecule has 11 aromatic rings. The fraction of sp³-hybridized carbons (Fsp3) is 0. The van der Waals surface area contributed by atoms with Crippen LogP contribution >= 0.6 is 34.0 Å². The number of fused-ring (bicyclic) bond motifs is 9. The molecular formula is C48H29NS3. The molecule has 0 fully saturated rings. The highest BCUT2D eigenvalue weighted by atomic mass is 32.1. The highest BCUT2D eigenvalue weighted by molar-refractivity contribution is 7.27. The lowest BCUT2D eigenvalue weighted by Crippen LogP contribution is -2.10. The summed E-state index contributed by atoms with van der Waals surface area (Å²) in [5.41, 5.74) is 8.38. The largest absolute Gasteiger partial charge is 0.309 e. The van der Waals surface area contributed by atoms with Crippen molar-refractivity contribution in [3.63, 3.8) is 0 Å². The highest BCUT2D eigenvalue weighted by Gasteiger charge is 2.19. The number of hydrogen-bond donors (Lipinski definition) is 0. The summed E-state index contributed by atoms with van der Waals surface area (Å²) in [7, 11) is 0. The van der Waals surface area contributed by atoms with Crippen molar-refractivity contribution in [2.24, 2.45) is 0 Å². The predicted octanol–water partition coefficient (Wildman–Crippen LogP) is 15.6. The number of anilines is 3. The molecule has 0 N–H and O–H groups in total. The average molecular weight is 716 g/mol. The summed E-state index contributed by atoms with van der Waals surface area (Å²) in [6.45, 7) is 0. The van der Waals surface area contributed by atoms with Crippen molar-refractivity contribution in [3.8, 4) is 22.3 Å². The van der Waals surface area contributed by atoms with Gasteiger partial charge in [-0.2, -0.15) is 0 Å². The number of hydrogen-bond acceptors (Lipinski definition) is 4. The molecule has 0 atom stereocenters. The molecule has 0 aliphatic carbocycles. The second kappa shape index (κ2) is 11.9. The minimum Gasteiger partial charge on any atom is -0.309 e. The quantitative estimate of drug-likeness (QED) is 0.171. The summed E-state index contributed by atoms with van der Waals surface area (Å²) in [6, 6.07) is 64.9. The molecular weight excluding hydrogens is 687 g/mol. The predicted molar refractivity (Wildman–Crippen MR) is 231 cm³/mol. The molecule has 8 aromatic carbocycles. The summed E-state index contributed by atoms with van der Waals surface area (Å²) in [5.74, 6) is 0. The van der Waals surface area contributed by atoms with Gasteiger partial charge in [0.2, 0.25) is 0 Å². The SMILES string of the molecule is c1ccc2c(c1)sc1cc(-c3ccc(N(c4ccc(-c5ccc6c(c5)sc5ccccc56)cc4)c4cccc5c4sc4ccccc45)cc3)ccc12. The van der Waals surface area contributed by atoms with Gasteiger partial charge in [-0.15, -0.1) is 34.0 Å². The normalized spacial score (nSPS) is 11.8. The Morgan fingerprint density at radius 1 is 0.288 bits per heavy atom. The van der Waals surface area contributed by atoms with E-state index in [2.05, 4.69) is 181 Å². The molecule has 0 spiro atoms. The van der Waals surface area contributed by atoms with E-state index in [4.69, 9.17) is 0 Å². The summed E-state index contributed by atoms with van der Waals surface area (Å²) in [6.07, 6.45) is 0. The topological polar surface area (TPSA) is 3.24 Å². The van der Waals surface area contributed by atoms with Crippen LogP contribution in [0.5, 0.6) is 0 Å². The molecule has 0 unspecified atom stereocenters. The first-order valence-electron chi connectivity index (χ1n) is 17.5. The lowest BCUT2D eigenvalue weighted by atomic mass is 10.0. The zero-order chi connectivity index (χ0) is 34.2. The van der Waals surface area contributed by atoms with E-state index in [1.165, 1.54) is 88.5 Å². The third kappa shape index (κ3) is 4.80. The summed E-state index contributed by atoms with van der Waals surface area (Å²) >= 11 is 5.61. The molecule has 0 saturated carbocycles. The molecule has 0 aliphatic heterocycles. The van der Waals surface area contributed by atoms with Gasteiger partial charge in [-0.3, -0.25) is 0 Å². The van der Waals surface area contributed by atoms with Crippen LogP contribution in [0.3, 0.4) is 0 Å². The Hall–Kier alpha value is -5.78. The van der Waals surface area contributed by atoms with Crippen LogP contribution in [-0.4, -0.2) is 0 Å². The van der Waals surface area contributed by atoms with Gasteiger partial charge in [0.05, 0.1) is 10.4 Å². The zero-order valence-electron chi connectivity index (χ0n) is 27.9. The monoisotopic (exact) mass is 715 g/mol. The van der Waals surface area contributed by atoms with Crippen LogP contribution in [0.1, 0.15) is 0 Å². The maximum absolute atomic E-state index is 2.43. The van der Waals surface area contributed by atoms with E-state index in [1.54, 1.807) is 0 Å². The maximum atomic E-state index is 2.43. The fourth-order valence-electron chi connectivity index (χ4n) is 7.75. The molecule has 244 valence electrons. The summed E-state index contributed by atoms with van der Waals surface area (Å²) in [4.78, 5) is 2.43. The van der Waals surface area contributed by atoms with Crippen molar-refractivity contribution in [3.05, 3.63) is 176 Å². The van der Waals surface area contributed by atoms with Crippen LogP contribution in [0.2, 0.25) is 0 Å². The molecule has 3 heterocycles. The standard InChI is InChI=1S/C48H29NS3/c1-4-13-43-36(8-1)39-26-20-32(28-46(39)50-43)30-16-22-34(23-17-30)49(42-12-7-11-41-38-10-3-6-15-45(38)52-48(41)42)35-24-18-31(19-25-35)33-21-27-40-37-9-2-5-14-44(37)51-47(40)29-33/h1-29H. The second-order valence-electron chi connectivity index (χ2n) is 13.3. The van der Waals surface area contributed by atoms with Gasteiger partial charge in [-0.25, -0.2) is 0 Å². The highest BCUT2D eigenvalue weighted by Crippen LogP contribution is 2.46. The number of rotatable bonds is 5. The van der Waals surface area contributed by atoms with Crippen LogP contribution < -0.4 is 4.90 Å². The van der Waals surface area contributed by atoms with Crippen molar-refractivity contribution < 1.29 is 0 Å². The van der Waals surface area contributed by atoms with E-state index in [0.717, 1.165) is 11.4 Å². The first-order chi connectivity index (χ1) is 25.7. The van der Waals surface area contributed by atoms with E-state index in [-0.39, 0.29) is 0 Å². The first kappa shape index (κ1) is 29.9. The second-order valence-corrected chi connectivity index (χ2v) is 16.5. The van der Waals surface area contributed by atoms with Gasteiger partial charge in [0.15, 0.2) is 0 Å². The van der Waals surface area contributed by atoms with Crippen molar-refractivity contribution in [1.82, 2.24) is 0 Å². The Morgan fingerprint density at radius 2 is 0.692 bits per heavy atom. The van der Waals surface area contributed by atoms with Crippen molar-refractivity contribution in [2.75, 3.05) is 4.90 Å². The molecule has 4 heteroatoms. The Bertz CT molecular complexity index is 2970. The molecule has 0 bridgehead atoms. The molecule has 0 saturated heterocycles. The van der Waals surface area contributed by atoms with E-state index in [9.17, 15) is 0 Å². The fourth-order valence-corrected chi connectivity index (χ4v) is 11.2. The summed E-state index contributed by atoms with van der Waals surface area (Å²) in [5, 5.41) is 7.93. The Labute approximate surface area is 312 Å². The minimum atomic E-state index is 1.14. The lowest BCUT2D eigenvalue weighted by molar-refractivity contribution is 1.30. The van der Waals surface area contributed by atoms with Crippen LogP contribution in [0.4, 0.5) is 17.1 Å². The molecule has 11 rings (SSSR count).